The number of carbonyl (C=O) groups excluding carboxylic acids is 1. The number of hydrogen-bond acceptors (Lipinski definition) is 4. The molecule has 1 aromatic carbocycles. The lowest BCUT2D eigenvalue weighted by atomic mass is 10.0. The Morgan fingerprint density at radius 2 is 1.86 bits per heavy atom. The van der Waals surface area contributed by atoms with Gasteiger partial charge in [0.25, 0.3) is 5.56 Å². The number of hydrogen-bond donors (Lipinski definition) is 0. The van der Waals surface area contributed by atoms with E-state index in [1.54, 1.807) is 10.6 Å². The molecule has 0 radical (unpaired) electrons. The number of carbonyl (C=O) groups is 1. The number of likely N-dealkylation sites (tertiary alicyclic amines) is 2. The molecular formula is C23H32N4O2. The second-order valence-corrected chi connectivity index (χ2v) is 8.74. The van der Waals surface area contributed by atoms with Gasteiger partial charge in [-0.3, -0.25) is 19.1 Å². The summed E-state index contributed by atoms with van der Waals surface area (Å²) in [5.74, 6) is 0.811. The molecule has 0 saturated carbocycles. The number of amides is 1. The van der Waals surface area contributed by atoms with Gasteiger partial charge in [0, 0.05) is 44.2 Å². The number of para-hydroxylation sites is 1. The minimum Gasteiger partial charge on any atom is -0.341 e. The van der Waals surface area contributed by atoms with Crippen LogP contribution in [0.2, 0.25) is 0 Å². The van der Waals surface area contributed by atoms with Gasteiger partial charge in [0.2, 0.25) is 5.91 Å². The minimum absolute atomic E-state index is 0.0582. The highest BCUT2D eigenvalue weighted by atomic mass is 16.2. The summed E-state index contributed by atoms with van der Waals surface area (Å²) >= 11 is 0. The molecule has 2 aliphatic rings. The molecule has 0 aliphatic carbocycles. The first-order valence-corrected chi connectivity index (χ1v) is 11.0. The summed E-state index contributed by atoms with van der Waals surface area (Å²) in [5.41, 5.74) is 0.655. The summed E-state index contributed by atoms with van der Waals surface area (Å²) < 4.78 is 1.65. The summed E-state index contributed by atoms with van der Waals surface area (Å²) in [4.78, 5) is 35.0. The van der Waals surface area contributed by atoms with Crippen molar-refractivity contribution in [2.24, 2.45) is 0 Å². The van der Waals surface area contributed by atoms with Gasteiger partial charge < -0.3 is 4.90 Å². The lowest BCUT2D eigenvalue weighted by Gasteiger charge is -2.41. The Morgan fingerprint density at radius 1 is 1.14 bits per heavy atom. The zero-order valence-electron chi connectivity index (χ0n) is 17.8. The summed E-state index contributed by atoms with van der Waals surface area (Å²) in [6.45, 7) is 8.50. The van der Waals surface area contributed by atoms with E-state index in [0.29, 0.717) is 47.8 Å². The maximum absolute atomic E-state index is 13.0. The Balaban J connectivity index is 1.43. The summed E-state index contributed by atoms with van der Waals surface area (Å²) in [5, 5.41) is 0.612. The Hall–Kier alpha value is -2.21. The monoisotopic (exact) mass is 396 g/mol. The maximum Gasteiger partial charge on any atom is 0.261 e. The highest BCUT2D eigenvalue weighted by Gasteiger charge is 2.36. The predicted octanol–water partition coefficient (Wildman–Crippen LogP) is 2.96. The molecule has 0 unspecified atom stereocenters. The average molecular weight is 397 g/mol. The van der Waals surface area contributed by atoms with Crippen molar-refractivity contribution in [1.29, 1.82) is 0 Å². The molecule has 2 aliphatic heterocycles. The van der Waals surface area contributed by atoms with Crippen LogP contribution in [0.25, 0.3) is 10.9 Å². The molecule has 2 fully saturated rings. The molecule has 1 aromatic heterocycles. The SMILES string of the molecule is Cc1nc2ccccc2c(=O)n1CCC(=O)N1CCC[C@H](N2[C@H](C)CC[C@@H]2C)C1. The number of rotatable bonds is 4. The van der Waals surface area contributed by atoms with Crippen LogP contribution in [0.4, 0.5) is 0 Å². The smallest absolute Gasteiger partial charge is 0.261 e. The molecular weight excluding hydrogens is 364 g/mol. The van der Waals surface area contributed by atoms with Gasteiger partial charge in [-0.05, 0) is 58.6 Å². The van der Waals surface area contributed by atoms with Crippen molar-refractivity contribution >= 4 is 16.8 Å². The van der Waals surface area contributed by atoms with Gasteiger partial charge >= 0.3 is 0 Å². The van der Waals surface area contributed by atoms with Gasteiger partial charge in [0.15, 0.2) is 0 Å². The molecule has 156 valence electrons. The Morgan fingerprint density at radius 3 is 2.62 bits per heavy atom. The van der Waals surface area contributed by atoms with Crippen LogP contribution < -0.4 is 5.56 Å². The van der Waals surface area contributed by atoms with Gasteiger partial charge in [-0.15, -0.1) is 0 Å². The van der Waals surface area contributed by atoms with Crippen LogP contribution >= 0.6 is 0 Å². The van der Waals surface area contributed by atoms with Crippen LogP contribution in [0.15, 0.2) is 29.1 Å². The summed E-state index contributed by atoms with van der Waals surface area (Å²) in [6.07, 6.45) is 5.08. The van der Waals surface area contributed by atoms with Crippen molar-refractivity contribution in [3.63, 3.8) is 0 Å². The number of benzene rings is 1. The normalized spacial score (nSPS) is 25.6. The van der Waals surface area contributed by atoms with Crippen LogP contribution in [0, 0.1) is 6.92 Å². The molecule has 3 atom stereocenters. The number of aryl methyl sites for hydroxylation is 1. The van der Waals surface area contributed by atoms with Crippen molar-refractivity contribution < 1.29 is 4.79 Å². The molecule has 0 bridgehead atoms. The van der Waals surface area contributed by atoms with Crippen molar-refractivity contribution in [2.75, 3.05) is 13.1 Å². The first kappa shape index (κ1) is 20.1. The number of aromatic nitrogens is 2. The summed E-state index contributed by atoms with van der Waals surface area (Å²) in [6, 6.07) is 9.07. The van der Waals surface area contributed by atoms with Crippen molar-refractivity contribution in [1.82, 2.24) is 19.4 Å². The largest absolute Gasteiger partial charge is 0.341 e. The zero-order chi connectivity index (χ0) is 20.5. The van der Waals surface area contributed by atoms with Gasteiger partial charge in [0.1, 0.15) is 5.82 Å². The second kappa shape index (κ2) is 8.27. The molecule has 0 N–H and O–H groups in total. The predicted molar refractivity (Wildman–Crippen MR) is 115 cm³/mol. The van der Waals surface area contributed by atoms with Crippen LogP contribution in [-0.4, -0.2) is 56.5 Å². The molecule has 2 saturated heterocycles. The number of nitrogens with zero attached hydrogens (tertiary/aromatic N) is 4. The first-order chi connectivity index (χ1) is 14.0. The average Bonchev–Trinajstić information content (AvgIpc) is 3.06. The first-order valence-electron chi connectivity index (χ1n) is 11.0. The lowest BCUT2D eigenvalue weighted by Crippen LogP contribution is -2.52. The van der Waals surface area contributed by atoms with Gasteiger partial charge in [-0.1, -0.05) is 12.1 Å². The maximum atomic E-state index is 13.0. The Labute approximate surface area is 172 Å². The Kier molecular flexibility index (Phi) is 5.72. The highest BCUT2D eigenvalue weighted by molar-refractivity contribution is 5.78. The molecule has 3 heterocycles. The molecule has 4 rings (SSSR count). The quantitative estimate of drug-likeness (QED) is 0.797. The van der Waals surface area contributed by atoms with Gasteiger partial charge in [-0.2, -0.15) is 0 Å². The van der Waals surface area contributed by atoms with E-state index in [0.717, 1.165) is 19.5 Å². The molecule has 6 heteroatoms. The van der Waals surface area contributed by atoms with Gasteiger partial charge in [0.05, 0.1) is 10.9 Å². The van der Waals surface area contributed by atoms with Gasteiger partial charge in [-0.25, -0.2) is 4.98 Å². The summed E-state index contributed by atoms with van der Waals surface area (Å²) in [7, 11) is 0. The fourth-order valence-electron chi connectivity index (χ4n) is 5.27. The van der Waals surface area contributed by atoms with E-state index in [2.05, 4.69) is 23.7 Å². The third-order valence-corrected chi connectivity index (χ3v) is 6.79. The van der Waals surface area contributed by atoms with E-state index >= 15 is 0 Å². The zero-order valence-corrected chi connectivity index (χ0v) is 17.8. The Bertz CT molecular complexity index is 944. The molecule has 29 heavy (non-hydrogen) atoms. The lowest BCUT2D eigenvalue weighted by molar-refractivity contribution is -0.133. The van der Waals surface area contributed by atoms with E-state index in [9.17, 15) is 9.59 Å². The van der Waals surface area contributed by atoms with E-state index < -0.39 is 0 Å². The van der Waals surface area contributed by atoms with Crippen LogP contribution in [0.5, 0.6) is 0 Å². The van der Waals surface area contributed by atoms with Crippen molar-refractivity contribution in [2.45, 2.75) is 77.5 Å². The standard InChI is InChI=1S/C23H32N4O2/c1-16-10-11-17(2)27(16)19-7-6-13-25(15-19)22(28)12-14-26-18(3)24-21-9-5-4-8-20(21)23(26)29/h4-5,8-9,16-17,19H,6-7,10-15H2,1-3H3/t16-,17+,19-/m0/s1. The highest BCUT2D eigenvalue weighted by Crippen LogP contribution is 2.29. The fraction of sp³-hybridized carbons (Fsp3) is 0.609. The van der Waals surface area contributed by atoms with Crippen molar-refractivity contribution in [3.05, 3.63) is 40.4 Å². The number of piperidine rings is 1. The third-order valence-electron chi connectivity index (χ3n) is 6.79. The number of fused-ring (bicyclic) bond motifs is 1. The third kappa shape index (κ3) is 3.95. The molecule has 1 amide bonds. The minimum atomic E-state index is -0.0582. The topological polar surface area (TPSA) is 58.4 Å². The van der Waals surface area contributed by atoms with E-state index in [1.165, 1.54) is 19.3 Å². The van der Waals surface area contributed by atoms with Crippen LogP contribution in [0.1, 0.15) is 51.8 Å². The van der Waals surface area contributed by atoms with Crippen molar-refractivity contribution in [3.8, 4) is 0 Å². The fourth-order valence-corrected chi connectivity index (χ4v) is 5.27. The van der Waals surface area contributed by atoms with Crippen LogP contribution in [-0.2, 0) is 11.3 Å². The van der Waals surface area contributed by atoms with E-state index in [1.807, 2.05) is 30.0 Å². The van der Waals surface area contributed by atoms with E-state index in [-0.39, 0.29) is 11.5 Å². The molecule has 6 nitrogen and oxygen atoms in total. The molecule has 0 spiro atoms. The van der Waals surface area contributed by atoms with Crippen LogP contribution in [0.3, 0.4) is 0 Å². The van der Waals surface area contributed by atoms with E-state index in [4.69, 9.17) is 0 Å². The molecule has 2 aromatic rings. The second-order valence-electron chi connectivity index (χ2n) is 8.74.